The monoisotopic (exact) mass is 269 g/mol. The number of aromatic nitrogens is 3. The fourth-order valence-corrected chi connectivity index (χ4v) is 1.35. The van der Waals surface area contributed by atoms with Crippen molar-refractivity contribution in [2.75, 3.05) is 11.1 Å². The van der Waals surface area contributed by atoms with Crippen LogP contribution >= 0.6 is 15.9 Å². The highest BCUT2D eigenvalue weighted by molar-refractivity contribution is 9.10. The van der Waals surface area contributed by atoms with Gasteiger partial charge in [0.25, 0.3) is 0 Å². The summed E-state index contributed by atoms with van der Waals surface area (Å²) in [5.74, 6) is 1.03. The molecule has 78 valence electrons. The molecule has 0 atom stereocenters. The molecule has 0 unspecified atom stereocenters. The summed E-state index contributed by atoms with van der Waals surface area (Å²) in [6.07, 6.45) is 2.91. The van der Waals surface area contributed by atoms with Crippen LogP contribution in [0, 0.1) is 0 Å². The molecule has 0 saturated carbocycles. The zero-order valence-corrected chi connectivity index (χ0v) is 9.23. The summed E-state index contributed by atoms with van der Waals surface area (Å²) in [7, 11) is 0. The van der Waals surface area contributed by atoms with E-state index in [-0.39, 0.29) is 0 Å². The van der Waals surface area contributed by atoms with Crippen LogP contribution < -0.4 is 11.1 Å². The lowest BCUT2D eigenvalue weighted by molar-refractivity contribution is 0.412. The van der Waals surface area contributed by atoms with Crippen LogP contribution in [0.15, 0.2) is 27.7 Å². The SMILES string of the molecule is Nc1ncnc(NCc2ccon2)c1Br. The van der Waals surface area contributed by atoms with Crippen molar-refractivity contribution >= 4 is 27.6 Å². The first-order valence-corrected chi connectivity index (χ1v) is 4.96. The van der Waals surface area contributed by atoms with E-state index in [1.54, 1.807) is 6.07 Å². The number of anilines is 2. The Balaban J connectivity index is 2.08. The zero-order valence-electron chi connectivity index (χ0n) is 7.64. The predicted molar refractivity (Wildman–Crippen MR) is 58.0 cm³/mol. The van der Waals surface area contributed by atoms with Crippen LogP contribution in [0.2, 0.25) is 0 Å². The number of hydrogen-bond acceptors (Lipinski definition) is 6. The minimum absolute atomic E-state index is 0.396. The molecule has 0 aliphatic heterocycles. The molecule has 0 aliphatic carbocycles. The molecule has 15 heavy (non-hydrogen) atoms. The molecule has 0 saturated heterocycles. The van der Waals surface area contributed by atoms with Gasteiger partial charge in [-0.2, -0.15) is 0 Å². The Morgan fingerprint density at radius 1 is 1.47 bits per heavy atom. The van der Waals surface area contributed by atoms with Gasteiger partial charge in [0.15, 0.2) is 0 Å². The van der Waals surface area contributed by atoms with Crippen LogP contribution in [0.5, 0.6) is 0 Å². The van der Waals surface area contributed by atoms with E-state index in [1.165, 1.54) is 12.6 Å². The number of nitrogen functional groups attached to an aromatic ring is 1. The van der Waals surface area contributed by atoms with Gasteiger partial charge in [0.05, 0.1) is 6.54 Å². The van der Waals surface area contributed by atoms with Crippen LogP contribution in [-0.2, 0) is 6.54 Å². The van der Waals surface area contributed by atoms with Gasteiger partial charge in [-0.05, 0) is 15.9 Å². The second-order valence-corrected chi connectivity index (χ2v) is 3.56. The summed E-state index contributed by atoms with van der Waals surface area (Å²) in [4.78, 5) is 7.86. The number of nitrogens with two attached hydrogens (primary N) is 1. The van der Waals surface area contributed by atoms with Crippen molar-refractivity contribution in [2.45, 2.75) is 6.54 Å². The molecule has 0 aromatic carbocycles. The highest BCUT2D eigenvalue weighted by Gasteiger charge is 2.05. The van der Waals surface area contributed by atoms with Crippen molar-refractivity contribution < 1.29 is 4.52 Å². The molecule has 2 aromatic heterocycles. The summed E-state index contributed by atoms with van der Waals surface area (Å²) in [6, 6.07) is 1.77. The predicted octanol–water partition coefficient (Wildman–Crippen LogP) is 1.42. The summed E-state index contributed by atoms with van der Waals surface area (Å²) >= 11 is 3.29. The van der Waals surface area contributed by atoms with Crippen LogP contribution in [0.1, 0.15) is 5.69 Å². The van der Waals surface area contributed by atoms with E-state index in [0.29, 0.717) is 22.7 Å². The molecule has 6 nitrogen and oxygen atoms in total. The molecule has 3 N–H and O–H groups in total. The van der Waals surface area contributed by atoms with E-state index in [1.807, 2.05) is 0 Å². The Bertz CT molecular complexity index is 444. The lowest BCUT2D eigenvalue weighted by atomic mass is 10.4. The van der Waals surface area contributed by atoms with Gasteiger partial charge in [0.1, 0.15) is 34.4 Å². The third-order valence-corrected chi connectivity index (χ3v) is 2.53. The first-order valence-electron chi connectivity index (χ1n) is 4.16. The average Bonchev–Trinajstić information content (AvgIpc) is 2.73. The van der Waals surface area contributed by atoms with Crippen LogP contribution in [-0.4, -0.2) is 15.1 Å². The minimum atomic E-state index is 0.396. The van der Waals surface area contributed by atoms with E-state index in [2.05, 4.69) is 36.4 Å². The van der Waals surface area contributed by atoms with Crippen LogP contribution in [0.4, 0.5) is 11.6 Å². The molecule has 2 heterocycles. The summed E-state index contributed by atoms with van der Waals surface area (Å²) in [6.45, 7) is 0.519. The van der Waals surface area contributed by atoms with Crippen molar-refractivity contribution in [1.29, 1.82) is 0 Å². The maximum absolute atomic E-state index is 5.60. The molecule has 0 fully saturated rings. The van der Waals surface area contributed by atoms with Gasteiger partial charge in [0, 0.05) is 6.07 Å². The zero-order chi connectivity index (χ0) is 10.7. The third-order valence-electron chi connectivity index (χ3n) is 1.74. The molecule has 2 aromatic rings. The smallest absolute Gasteiger partial charge is 0.146 e. The van der Waals surface area contributed by atoms with Crippen LogP contribution in [0.25, 0.3) is 0 Å². The van der Waals surface area contributed by atoms with Gasteiger partial charge in [0.2, 0.25) is 0 Å². The van der Waals surface area contributed by atoms with Gasteiger partial charge in [-0.1, -0.05) is 5.16 Å². The fourth-order valence-electron chi connectivity index (χ4n) is 1.01. The Kier molecular flexibility index (Phi) is 2.82. The summed E-state index contributed by atoms with van der Waals surface area (Å²) in [5, 5.41) is 6.81. The molecular formula is C8H8BrN5O. The van der Waals surface area contributed by atoms with E-state index in [4.69, 9.17) is 10.3 Å². The van der Waals surface area contributed by atoms with Crippen molar-refractivity contribution in [3.63, 3.8) is 0 Å². The van der Waals surface area contributed by atoms with Crippen LogP contribution in [0.3, 0.4) is 0 Å². The minimum Gasteiger partial charge on any atom is -0.383 e. The first kappa shape index (κ1) is 9.91. The summed E-state index contributed by atoms with van der Waals surface area (Å²) in [5.41, 5.74) is 6.39. The number of nitrogens with one attached hydrogen (secondary N) is 1. The standard InChI is InChI=1S/C8H8BrN5O/c9-6-7(10)12-4-13-8(6)11-3-5-1-2-15-14-5/h1-2,4H,3H2,(H3,10,11,12,13). The third kappa shape index (κ3) is 2.24. The summed E-state index contributed by atoms with van der Waals surface area (Å²) < 4.78 is 5.34. The van der Waals surface area contributed by atoms with Gasteiger partial charge in [-0.15, -0.1) is 0 Å². The molecule has 2 rings (SSSR count). The Labute approximate surface area is 94.0 Å². The first-order chi connectivity index (χ1) is 7.27. The lowest BCUT2D eigenvalue weighted by Gasteiger charge is -2.05. The second kappa shape index (κ2) is 4.26. The molecule has 0 amide bonds. The lowest BCUT2D eigenvalue weighted by Crippen LogP contribution is -2.04. The largest absolute Gasteiger partial charge is 0.383 e. The van der Waals surface area contributed by atoms with E-state index < -0.39 is 0 Å². The van der Waals surface area contributed by atoms with E-state index in [0.717, 1.165) is 5.69 Å². The van der Waals surface area contributed by atoms with Crippen molar-refractivity contribution in [2.24, 2.45) is 0 Å². The molecule has 0 aliphatic rings. The Morgan fingerprint density at radius 2 is 2.33 bits per heavy atom. The highest BCUT2D eigenvalue weighted by atomic mass is 79.9. The molecule has 0 radical (unpaired) electrons. The van der Waals surface area contributed by atoms with Gasteiger partial charge >= 0.3 is 0 Å². The molecular weight excluding hydrogens is 262 g/mol. The number of hydrogen-bond donors (Lipinski definition) is 2. The number of halogens is 1. The maximum Gasteiger partial charge on any atom is 0.146 e. The fraction of sp³-hybridized carbons (Fsp3) is 0.125. The quantitative estimate of drug-likeness (QED) is 0.876. The normalized spacial score (nSPS) is 10.2. The number of nitrogens with zero attached hydrogens (tertiary/aromatic N) is 3. The second-order valence-electron chi connectivity index (χ2n) is 2.77. The van der Waals surface area contributed by atoms with Gasteiger partial charge in [-0.25, -0.2) is 9.97 Å². The maximum atomic E-state index is 5.60. The topological polar surface area (TPSA) is 89.9 Å². The Hall–Kier alpha value is -1.63. The highest BCUT2D eigenvalue weighted by Crippen LogP contribution is 2.24. The molecule has 7 heteroatoms. The van der Waals surface area contributed by atoms with E-state index >= 15 is 0 Å². The van der Waals surface area contributed by atoms with Gasteiger partial charge in [-0.3, -0.25) is 0 Å². The van der Waals surface area contributed by atoms with Gasteiger partial charge < -0.3 is 15.6 Å². The van der Waals surface area contributed by atoms with E-state index in [9.17, 15) is 0 Å². The van der Waals surface area contributed by atoms with Crippen molar-refractivity contribution in [3.8, 4) is 0 Å². The Morgan fingerprint density at radius 3 is 3.07 bits per heavy atom. The number of rotatable bonds is 3. The molecule has 0 bridgehead atoms. The average molecular weight is 270 g/mol. The van der Waals surface area contributed by atoms with Crippen molar-refractivity contribution in [1.82, 2.24) is 15.1 Å². The van der Waals surface area contributed by atoms with Crippen molar-refractivity contribution in [3.05, 3.63) is 28.8 Å². The molecule has 0 spiro atoms.